The summed E-state index contributed by atoms with van der Waals surface area (Å²) in [4.78, 5) is 23.2. The molecule has 0 radical (unpaired) electrons. The Morgan fingerprint density at radius 1 is 1.25 bits per heavy atom. The fourth-order valence-electron chi connectivity index (χ4n) is 1.52. The van der Waals surface area contributed by atoms with Crippen LogP contribution in [0.3, 0.4) is 0 Å². The van der Waals surface area contributed by atoms with Crippen molar-refractivity contribution >= 4 is 11.8 Å². The van der Waals surface area contributed by atoms with E-state index in [1.54, 1.807) is 26.2 Å². The maximum atomic E-state index is 11.8. The van der Waals surface area contributed by atoms with Gasteiger partial charge >= 0.3 is 0 Å². The maximum absolute atomic E-state index is 11.8. The van der Waals surface area contributed by atoms with Gasteiger partial charge in [-0.1, -0.05) is 6.07 Å². The summed E-state index contributed by atoms with van der Waals surface area (Å²) in [6.45, 7) is 2.91. The van der Waals surface area contributed by atoms with E-state index in [1.165, 1.54) is 6.07 Å². The Morgan fingerprint density at radius 2 is 2.00 bits per heavy atom. The highest BCUT2D eigenvalue weighted by atomic mass is 16.5. The molecule has 0 aliphatic heterocycles. The van der Waals surface area contributed by atoms with Crippen LogP contribution in [0.25, 0.3) is 0 Å². The topological polar surface area (TPSA) is 87.7 Å². The molecular formula is C14H20N2O4. The molecule has 1 rings (SSSR count). The van der Waals surface area contributed by atoms with E-state index in [9.17, 15) is 14.7 Å². The van der Waals surface area contributed by atoms with Gasteiger partial charge in [0.05, 0.1) is 6.61 Å². The molecule has 6 nitrogen and oxygen atoms in total. The van der Waals surface area contributed by atoms with Crippen molar-refractivity contribution in [2.45, 2.75) is 13.3 Å². The lowest BCUT2D eigenvalue weighted by atomic mass is 10.1. The molecular weight excluding hydrogens is 260 g/mol. The summed E-state index contributed by atoms with van der Waals surface area (Å²) in [5.41, 5.74) is 1.08. The van der Waals surface area contributed by atoms with Gasteiger partial charge in [0.2, 0.25) is 5.91 Å². The number of ether oxygens (including phenoxy) is 1. The van der Waals surface area contributed by atoms with E-state index >= 15 is 0 Å². The van der Waals surface area contributed by atoms with Crippen LogP contribution in [0.2, 0.25) is 0 Å². The zero-order chi connectivity index (χ0) is 15.0. The average molecular weight is 280 g/mol. The molecule has 0 saturated heterocycles. The van der Waals surface area contributed by atoms with Gasteiger partial charge in [-0.3, -0.25) is 9.59 Å². The van der Waals surface area contributed by atoms with Crippen molar-refractivity contribution in [3.63, 3.8) is 0 Å². The molecule has 20 heavy (non-hydrogen) atoms. The van der Waals surface area contributed by atoms with E-state index in [1.807, 2.05) is 0 Å². The molecule has 6 heteroatoms. The molecule has 0 unspecified atom stereocenters. The SMILES string of the molecule is COCCNC(=O)CCNC(=O)c1ccc(C)c(O)c1. The number of phenolic OH excluding ortho intramolecular Hbond substituents is 1. The van der Waals surface area contributed by atoms with Gasteiger partial charge in [-0.2, -0.15) is 0 Å². The first kappa shape index (κ1) is 16.0. The standard InChI is InChI=1S/C14H20N2O4/c1-10-3-4-11(9-12(10)17)14(19)16-6-5-13(18)15-7-8-20-2/h3-4,9,17H,5-8H2,1-2H3,(H,15,18)(H,16,19). The molecule has 3 N–H and O–H groups in total. The van der Waals surface area contributed by atoms with Crippen molar-refractivity contribution in [2.75, 3.05) is 26.8 Å². The quantitative estimate of drug-likeness (QED) is 0.638. The average Bonchev–Trinajstić information content (AvgIpc) is 2.42. The van der Waals surface area contributed by atoms with E-state index < -0.39 is 0 Å². The molecule has 0 aliphatic carbocycles. The summed E-state index contributed by atoms with van der Waals surface area (Å²) >= 11 is 0. The van der Waals surface area contributed by atoms with Crippen LogP contribution in [0, 0.1) is 6.92 Å². The van der Waals surface area contributed by atoms with E-state index in [4.69, 9.17) is 4.74 Å². The number of nitrogens with one attached hydrogen (secondary N) is 2. The molecule has 0 atom stereocenters. The Hall–Kier alpha value is -2.08. The van der Waals surface area contributed by atoms with E-state index in [0.29, 0.717) is 24.3 Å². The van der Waals surface area contributed by atoms with Crippen molar-refractivity contribution in [3.8, 4) is 5.75 Å². The first-order valence-electron chi connectivity index (χ1n) is 6.38. The van der Waals surface area contributed by atoms with Gasteiger partial charge in [0.25, 0.3) is 5.91 Å². The molecule has 0 aromatic heterocycles. The minimum atomic E-state index is -0.315. The highest BCUT2D eigenvalue weighted by molar-refractivity contribution is 5.94. The normalized spacial score (nSPS) is 10.1. The zero-order valence-electron chi connectivity index (χ0n) is 11.7. The Balaban J connectivity index is 2.32. The molecule has 0 fully saturated rings. The Labute approximate surface area is 118 Å². The number of aryl methyl sites for hydroxylation is 1. The predicted octanol–water partition coefficient (Wildman–Crippen LogP) is 0.583. The second-order valence-electron chi connectivity index (χ2n) is 4.35. The zero-order valence-corrected chi connectivity index (χ0v) is 11.7. The minimum Gasteiger partial charge on any atom is -0.508 e. The van der Waals surface area contributed by atoms with Crippen LogP contribution in [0.1, 0.15) is 22.3 Å². The van der Waals surface area contributed by atoms with Gasteiger partial charge in [0.1, 0.15) is 5.75 Å². The number of carbonyl (C=O) groups excluding carboxylic acids is 2. The number of carbonyl (C=O) groups is 2. The lowest BCUT2D eigenvalue weighted by Crippen LogP contribution is -2.32. The van der Waals surface area contributed by atoms with Gasteiger partial charge in [-0.15, -0.1) is 0 Å². The van der Waals surface area contributed by atoms with Crippen LogP contribution >= 0.6 is 0 Å². The van der Waals surface area contributed by atoms with Crippen LogP contribution in [0.5, 0.6) is 5.75 Å². The first-order chi connectivity index (χ1) is 9.54. The first-order valence-corrected chi connectivity index (χ1v) is 6.38. The van der Waals surface area contributed by atoms with Crippen molar-refractivity contribution in [3.05, 3.63) is 29.3 Å². The molecule has 0 bridgehead atoms. The molecule has 0 aliphatic rings. The third kappa shape index (κ3) is 5.27. The van der Waals surface area contributed by atoms with Crippen molar-refractivity contribution in [1.82, 2.24) is 10.6 Å². The molecule has 1 aromatic carbocycles. The van der Waals surface area contributed by atoms with Crippen LogP contribution in [-0.2, 0) is 9.53 Å². The number of benzene rings is 1. The highest BCUT2D eigenvalue weighted by Crippen LogP contribution is 2.17. The van der Waals surface area contributed by atoms with Crippen LogP contribution < -0.4 is 10.6 Å². The number of amides is 2. The van der Waals surface area contributed by atoms with Gasteiger partial charge in [0, 0.05) is 32.2 Å². The summed E-state index contributed by atoms with van der Waals surface area (Å²) in [6, 6.07) is 4.70. The summed E-state index contributed by atoms with van der Waals surface area (Å²) in [5.74, 6) is -0.381. The Kier molecular flexibility index (Phi) is 6.52. The maximum Gasteiger partial charge on any atom is 0.251 e. The van der Waals surface area contributed by atoms with Gasteiger partial charge in [-0.25, -0.2) is 0 Å². The lowest BCUT2D eigenvalue weighted by Gasteiger charge is -2.07. The molecule has 1 aromatic rings. The summed E-state index contributed by atoms with van der Waals surface area (Å²) in [6.07, 6.45) is 0.202. The number of hydrogen-bond donors (Lipinski definition) is 3. The fourth-order valence-corrected chi connectivity index (χ4v) is 1.52. The van der Waals surface area contributed by atoms with Gasteiger partial charge in [-0.05, 0) is 24.6 Å². The van der Waals surface area contributed by atoms with Crippen LogP contribution in [-0.4, -0.2) is 43.7 Å². The number of aromatic hydroxyl groups is 1. The Morgan fingerprint density at radius 3 is 2.65 bits per heavy atom. The van der Waals surface area contributed by atoms with Crippen molar-refractivity contribution in [1.29, 1.82) is 0 Å². The smallest absolute Gasteiger partial charge is 0.251 e. The number of phenols is 1. The third-order valence-corrected chi connectivity index (χ3v) is 2.74. The van der Waals surface area contributed by atoms with Gasteiger partial charge in [0.15, 0.2) is 0 Å². The molecule has 0 heterocycles. The fraction of sp³-hybridized carbons (Fsp3) is 0.429. The van der Waals surface area contributed by atoms with E-state index in [2.05, 4.69) is 10.6 Å². The van der Waals surface area contributed by atoms with E-state index in [-0.39, 0.29) is 30.5 Å². The van der Waals surface area contributed by atoms with Crippen molar-refractivity contribution in [2.24, 2.45) is 0 Å². The molecule has 0 saturated carbocycles. The summed E-state index contributed by atoms with van der Waals surface area (Å²) < 4.78 is 4.81. The molecule has 2 amide bonds. The predicted molar refractivity (Wildman–Crippen MR) is 74.7 cm³/mol. The van der Waals surface area contributed by atoms with Crippen molar-refractivity contribution < 1.29 is 19.4 Å². The number of rotatable bonds is 7. The monoisotopic (exact) mass is 280 g/mol. The third-order valence-electron chi connectivity index (χ3n) is 2.74. The summed E-state index contributed by atoms with van der Waals surface area (Å²) in [5, 5.41) is 14.8. The van der Waals surface area contributed by atoms with E-state index in [0.717, 1.165) is 0 Å². The number of hydrogen-bond acceptors (Lipinski definition) is 4. The van der Waals surface area contributed by atoms with Crippen LogP contribution in [0.15, 0.2) is 18.2 Å². The molecule has 0 spiro atoms. The second kappa shape index (κ2) is 8.16. The Bertz CT molecular complexity index is 474. The van der Waals surface area contributed by atoms with Crippen LogP contribution in [0.4, 0.5) is 0 Å². The minimum absolute atomic E-state index is 0.0787. The van der Waals surface area contributed by atoms with Gasteiger partial charge < -0.3 is 20.5 Å². The molecule has 110 valence electrons. The number of methoxy groups -OCH3 is 1. The highest BCUT2D eigenvalue weighted by Gasteiger charge is 2.08. The largest absolute Gasteiger partial charge is 0.508 e. The second-order valence-corrected chi connectivity index (χ2v) is 4.35. The summed E-state index contributed by atoms with van der Waals surface area (Å²) in [7, 11) is 1.56. The lowest BCUT2D eigenvalue weighted by molar-refractivity contribution is -0.121.